The maximum absolute atomic E-state index is 11.6. The maximum atomic E-state index is 11.6. The Morgan fingerprint density at radius 1 is 1.53 bits per heavy atom. The van der Waals surface area contributed by atoms with Gasteiger partial charge in [-0.2, -0.15) is 0 Å². The highest BCUT2D eigenvalue weighted by Gasteiger charge is 2.17. The minimum atomic E-state index is -0.435. The van der Waals surface area contributed by atoms with Crippen LogP contribution in [-0.2, 0) is 4.74 Å². The SMILES string of the molecule is COC(=O)c1[nH]c(=S)sc1-c1cccc(C)n1. The molecule has 2 heterocycles. The number of hydrogen-bond acceptors (Lipinski definition) is 5. The summed E-state index contributed by atoms with van der Waals surface area (Å²) in [6, 6.07) is 5.63. The van der Waals surface area contributed by atoms with Crippen LogP contribution in [0.25, 0.3) is 10.6 Å². The number of aromatic amines is 1. The molecule has 0 atom stereocenters. The van der Waals surface area contributed by atoms with Crippen LogP contribution in [-0.4, -0.2) is 23.0 Å². The third-order valence-corrected chi connectivity index (χ3v) is 3.42. The fraction of sp³-hybridized carbons (Fsp3) is 0.182. The zero-order chi connectivity index (χ0) is 12.4. The Labute approximate surface area is 107 Å². The van der Waals surface area contributed by atoms with Gasteiger partial charge in [0.1, 0.15) is 5.69 Å². The highest BCUT2D eigenvalue weighted by molar-refractivity contribution is 7.73. The molecule has 17 heavy (non-hydrogen) atoms. The Morgan fingerprint density at radius 2 is 2.29 bits per heavy atom. The van der Waals surface area contributed by atoms with Crippen LogP contribution in [0.5, 0.6) is 0 Å². The molecule has 0 amide bonds. The third kappa shape index (κ3) is 2.42. The van der Waals surface area contributed by atoms with E-state index in [0.717, 1.165) is 11.4 Å². The van der Waals surface area contributed by atoms with Crippen LogP contribution in [0.2, 0.25) is 0 Å². The molecule has 0 aliphatic carbocycles. The molecular formula is C11H10N2O2S2. The molecule has 0 aromatic carbocycles. The Kier molecular flexibility index (Phi) is 3.35. The first-order chi connectivity index (χ1) is 8.11. The molecule has 0 spiro atoms. The average Bonchev–Trinajstić information content (AvgIpc) is 2.70. The molecule has 0 fully saturated rings. The minimum Gasteiger partial charge on any atom is -0.464 e. The van der Waals surface area contributed by atoms with E-state index in [-0.39, 0.29) is 0 Å². The van der Waals surface area contributed by atoms with E-state index in [4.69, 9.17) is 17.0 Å². The van der Waals surface area contributed by atoms with Gasteiger partial charge in [0.25, 0.3) is 0 Å². The van der Waals surface area contributed by atoms with Crippen LogP contribution in [0.4, 0.5) is 0 Å². The molecule has 88 valence electrons. The number of hydrogen-bond donors (Lipinski definition) is 1. The molecule has 0 aliphatic rings. The summed E-state index contributed by atoms with van der Waals surface area (Å²) in [5, 5.41) is 0. The van der Waals surface area contributed by atoms with Gasteiger partial charge in [-0.25, -0.2) is 4.79 Å². The van der Waals surface area contributed by atoms with Crippen molar-refractivity contribution in [2.75, 3.05) is 7.11 Å². The number of carbonyl (C=O) groups excluding carboxylic acids is 1. The van der Waals surface area contributed by atoms with Gasteiger partial charge in [-0.3, -0.25) is 4.98 Å². The molecule has 6 heteroatoms. The molecule has 0 radical (unpaired) electrons. The van der Waals surface area contributed by atoms with Crippen molar-refractivity contribution in [3.8, 4) is 10.6 Å². The van der Waals surface area contributed by atoms with Gasteiger partial charge in [0.2, 0.25) is 0 Å². The van der Waals surface area contributed by atoms with Crippen molar-refractivity contribution in [2.24, 2.45) is 0 Å². The van der Waals surface area contributed by atoms with E-state index in [1.54, 1.807) is 0 Å². The summed E-state index contributed by atoms with van der Waals surface area (Å²) < 4.78 is 5.24. The molecule has 2 aromatic heterocycles. The number of esters is 1. The lowest BCUT2D eigenvalue weighted by Gasteiger charge is -2.01. The van der Waals surface area contributed by atoms with Crippen molar-refractivity contribution < 1.29 is 9.53 Å². The standard InChI is InChI=1S/C11H10N2O2S2/c1-6-4-3-5-7(12-6)9-8(10(14)15-2)13-11(16)17-9/h3-5H,1-2H3,(H,13,16). The van der Waals surface area contributed by atoms with Gasteiger partial charge in [0, 0.05) is 5.69 Å². The number of aromatic nitrogens is 2. The first-order valence-electron chi connectivity index (χ1n) is 4.87. The van der Waals surface area contributed by atoms with Crippen molar-refractivity contribution in [1.82, 2.24) is 9.97 Å². The van der Waals surface area contributed by atoms with Crippen LogP contribution in [0.1, 0.15) is 16.2 Å². The van der Waals surface area contributed by atoms with Gasteiger partial charge in [0.15, 0.2) is 3.95 Å². The smallest absolute Gasteiger partial charge is 0.356 e. The Morgan fingerprint density at radius 3 is 2.94 bits per heavy atom. The Bertz CT molecular complexity index is 616. The number of carbonyl (C=O) groups is 1. The summed E-state index contributed by atoms with van der Waals surface area (Å²) in [6.07, 6.45) is 0. The lowest BCUT2D eigenvalue weighted by Crippen LogP contribution is -2.03. The normalized spacial score (nSPS) is 10.2. The maximum Gasteiger partial charge on any atom is 0.356 e. The summed E-state index contributed by atoms with van der Waals surface area (Å²) in [7, 11) is 1.34. The monoisotopic (exact) mass is 266 g/mol. The zero-order valence-electron chi connectivity index (χ0n) is 9.31. The number of nitrogens with one attached hydrogen (secondary N) is 1. The van der Waals surface area contributed by atoms with Gasteiger partial charge in [-0.15, -0.1) is 11.3 Å². The van der Waals surface area contributed by atoms with Gasteiger partial charge in [-0.05, 0) is 31.3 Å². The van der Waals surface area contributed by atoms with Gasteiger partial charge < -0.3 is 9.72 Å². The van der Waals surface area contributed by atoms with Crippen molar-refractivity contribution in [3.05, 3.63) is 33.5 Å². The number of ether oxygens (including phenoxy) is 1. The van der Waals surface area contributed by atoms with Crippen LogP contribution >= 0.6 is 23.6 Å². The quantitative estimate of drug-likeness (QED) is 0.670. The fourth-order valence-electron chi connectivity index (χ4n) is 1.42. The van der Waals surface area contributed by atoms with Crippen molar-refractivity contribution in [2.45, 2.75) is 6.92 Å². The van der Waals surface area contributed by atoms with Gasteiger partial charge in [-0.1, -0.05) is 6.07 Å². The van der Waals surface area contributed by atoms with E-state index in [2.05, 4.69) is 9.97 Å². The Hall–Kier alpha value is -1.53. The third-order valence-electron chi connectivity index (χ3n) is 2.16. The largest absolute Gasteiger partial charge is 0.464 e. The number of thiazole rings is 1. The number of rotatable bonds is 2. The van der Waals surface area contributed by atoms with Gasteiger partial charge in [0.05, 0.1) is 17.7 Å². The highest BCUT2D eigenvalue weighted by Crippen LogP contribution is 2.27. The number of H-pyrrole nitrogens is 1. The first-order valence-corrected chi connectivity index (χ1v) is 6.09. The second kappa shape index (κ2) is 4.77. The van der Waals surface area contributed by atoms with Crippen molar-refractivity contribution in [1.29, 1.82) is 0 Å². The molecular weight excluding hydrogens is 256 g/mol. The van der Waals surface area contributed by atoms with E-state index >= 15 is 0 Å². The second-order valence-corrected chi connectivity index (χ2v) is 5.06. The number of aryl methyl sites for hydroxylation is 1. The lowest BCUT2D eigenvalue weighted by molar-refractivity contribution is 0.0595. The molecule has 0 unspecified atom stereocenters. The van der Waals surface area contributed by atoms with Crippen molar-refractivity contribution >= 4 is 29.5 Å². The summed E-state index contributed by atoms with van der Waals surface area (Å²) in [5.41, 5.74) is 1.97. The van der Waals surface area contributed by atoms with E-state index in [1.807, 2.05) is 25.1 Å². The number of pyridine rings is 1. The van der Waals surface area contributed by atoms with E-state index in [0.29, 0.717) is 14.5 Å². The van der Waals surface area contributed by atoms with E-state index in [9.17, 15) is 4.79 Å². The second-order valence-electron chi connectivity index (χ2n) is 3.37. The molecule has 0 aliphatic heterocycles. The molecule has 0 saturated heterocycles. The molecule has 2 rings (SSSR count). The molecule has 1 N–H and O–H groups in total. The van der Waals surface area contributed by atoms with Crippen LogP contribution in [0, 0.1) is 10.9 Å². The first kappa shape index (κ1) is 11.9. The van der Waals surface area contributed by atoms with Crippen molar-refractivity contribution in [3.63, 3.8) is 0 Å². The predicted molar refractivity (Wildman–Crippen MR) is 68.8 cm³/mol. The molecule has 0 bridgehead atoms. The molecule has 0 saturated carbocycles. The van der Waals surface area contributed by atoms with Crippen LogP contribution < -0.4 is 0 Å². The summed E-state index contributed by atoms with van der Waals surface area (Å²) >= 11 is 6.36. The van der Waals surface area contributed by atoms with Crippen LogP contribution in [0.15, 0.2) is 18.2 Å². The molecule has 2 aromatic rings. The Balaban J connectivity index is 2.59. The van der Waals surface area contributed by atoms with E-state index in [1.165, 1.54) is 18.4 Å². The van der Waals surface area contributed by atoms with Gasteiger partial charge >= 0.3 is 5.97 Å². The topological polar surface area (TPSA) is 55.0 Å². The number of nitrogens with zero attached hydrogens (tertiary/aromatic N) is 1. The van der Waals surface area contributed by atoms with Crippen LogP contribution in [0.3, 0.4) is 0 Å². The summed E-state index contributed by atoms with van der Waals surface area (Å²) in [6.45, 7) is 1.90. The summed E-state index contributed by atoms with van der Waals surface area (Å²) in [4.78, 5) is 19.5. The number of methoxy groups -OCH3 is 1. The molecule has 4 nitrogen and oxygen atoms in total. The predicted octanol–water partition coefficient (Wildman–Crippen LogP) is 2.96. The fourth-order valence-corrected chi connectivity index (χ4v) is 2.57. The van der Waals surface area contributed by atoms with E-state index < -0.39 is 5.97 Å². The zero-order valence-corrected chi connectivity index (χ0v) is 10.9. The lowest BCUT2D eigenvalue weighted by atomic mass is 10.2. The average molecular weight is 266 g/mol. The minimum absolute atomic E-state index is 0.362. The highest BCUT2D eigenvalue weighted by atomic mass is 32.1. The summed E-state index contributed by atoms with van der Waals surface area (Å²) in [5.74, 6) is -0.435.